The van der Waals surface area contributed by atoms with Gasteiger partial charge in [0.15, 0.2) is 0 Å². The van der Waals surface area contributed by atoms with Crippen molar-refractivity contribution >= 4 is 0 Å². The van der Waals surface area contributed by atoms with Gasteiger partial charge in [0.1, 0.15) is 0 Å². The van der Waals surface area contributed by atoms with Crippen molar-refractivity contribution in [1.82, 2.24) is 10.4 Å². The van der Waals surface area contributed by atoms with Crippen molar-refractivity contribution in [3.05, 3.63) is 35.4 Å². The molecule has 0 bridgehead atoms. The lowest BCUT2D eigenvalue weighted by Gasteiger charge is -2.30. The van der Waals surface area contributed by atoms with Gasteiger partial charge in [0.25, 0.3) is 0 Å². The fraction of sp³-hybridized carbons (Fsp3) is 0.647. The van der Waals surface area contributed by atoms with Crippen molar-refractivity contribution in [3.8, 4) is 0 Å². The molecular weight excluding hydrogens is 232 g/mol. The average Bonchev–Trinajstić information content (AvgIpc) is 2.39. The van der Waals surface area contributed by atoms with Crippen LogP contribution in [0.3, 0.4) is 0 Å². The van der Waals surface area contributed by atoms with Crippen LogP contribution in [0.1, 0.15) is 64.1 Å². The van der Waals surface area contributed by atoms with Crippen molar-refractivity contribution in [3.63, 3.8) is 0 Å². The Morgan fingerprint density at radius 1 is 1.00 bits per heavy atom. The van der Waals surface area contributed by atoms with Gasteiger partial charge in [0.2, 0.25) is 0 Å². The van der Waals surface area contributed by atoms with Crippen LogP contribution in [-0.2, 0) is 5.41 Å². The topological polar surface area (TPSA) is 15.3 Å². The van der Waals surface area contributed by atoms with E-state index in [9.17, 15) is 0 Å². The molecule has 1 saturated heterocycles. The molecule has 0 spiro atoms. The molecule has 1 heterocycles. The highest BCUT2D eigenvalue weighted by atomic mass is 15.5. The van der Waals surface area contributed by atoms with E-state index >= 15 is 0 Å². The zero-order valence-corrected chi connectivity index (χ0v) is 12.9. The Labute approximate surface area is 118 Å². The number of hydrogen-bond donors (Lipinski definition) is 1. The second-order valence-electron chi connectivity index (χ2n) is 6.77. The molecule has 0 aromatic heterocycles. The Bertz CT molecular complexity index is 383. The van der Waals surface area contributed by atoms with Gasteiger partial charge in [0, 0.05) is 19.1 Å². The van der Waals surface area contributed by atoms with E-state index in [1.165, 1.54) is 43.5 Å². The molecular formula is C17H28N2. The summed E-state index contributed by atoms with van der Waals surface area (Å²) in [5.41, 5.74) is 6.64. The highest BCUT2D eigenvalue weighted by molar-refractivity contribution is 5.28. The van der Waals surface area contributed by atoms with Crippen molar-refractivity contribution in [2.75, 3.05) is 13.1 Å². The first-order valence-electron chi connectivity index (χ1n) is 7.58. The molecule has 1 aliphatic heterocycles. The average molecular weight is 260 g/mol. The summed E-state index contributed by atoms with van der Waals surface area (Å²) >= 11 is 0. The Morgan fingerprint density at radius 3 is 2.11 bits per heavy atom. The maximum atomic E-state index is 3.63. The molecule has 2 rings (SSSR count). The summed E-state index contributed by atoms with van der Waals surface area (Å²) in [7, 11) is 0. The highest BCUT2D eigenvalue weighted by Gasteiger charge is 2.16. The molecule has 0 radical (unpaired) electrons. The quantitative estimate of drug-likeness (QED) is 0.882. The maximum absolute atomic E-state index is 3.63. The smallest absolute Gasteiger partial charge is 0.0436 e. The summed E-state index contributed by atoms with van der Waals surface area (Å²) in [6.07, 6.45) is 4.03. The summed E-state index contributed by atoms with van der Waals surface area (Å²) in [5, 5.41) is 2.38. The van der Waals surface area contributed by atoms with Crippen molar-refractivity contribution in [2.24, 2.45) is 0 Å². The second kappa shape index (κ2) is 6.06. The number of piperidine rings is 1. The van der Waals surface area contributed by atoms with Gasteiger partial charge in [-0.05, 0) is 36.3 Å². The van der Waals surface area contributed by atoms with Crippen molar-refractivity contribution in [2.45, 2.75) is 58.4 Å². The van der Waals surface area contributed by atoms with Crippen LogP contribution in [0, 0.1) is 0 Å². The highest BCUT2D eigenvalue weighted by Crippen LogP contribution is 2.24. The van der Waals surface area contributed by atoms with E-state index < -0.39 is 0 Å². The van der Waals surface area contributed by atoms with Gasteiger partial charge in [0.05, 0.1) is 0 Å². The molecule has 1 atom stereocenters. The third kappa shape index (κ3) is 4.05. The largest absolute Gasteiger partial charge is 0.248 e. The van der Waals surface area contributed by atoms with Crippen molar-refractivity contribution in [1.29, 1.82) is 0 Å². The molecule has 2 heteroatoms. The number of nitrogens with zero attached hydrogens (tertiary/aromatic N) is 1. The van der Waals surface area contributed by atoms with E-state index in [-0.39, 0.29) is 5.41 Å². The van der Waals surface area contributed by atoms with Gasteiger partial charge in [-0.2, -0.15) is 0 Å². The van der Waals surface area contributed by atoms with E-state index in [0.29, 0.717) is 6.04 Å². The minimum absolute atomic E-state index is 0.238. The Balaban J connectivity index is 1.97. The van der Waals surface area contributed by atoms with Crippen LogP contribution in [0.2, 0.25) is 0 Å². The van der Waals surface area contributed by atoms with E-state index in [2.05, 4.69) is 62.4 Å². The predicted octanol–water partition coefficient (Wildman–Crippen LogP) is 4.04. The van der Waals surface area contributed by atoms with Crippen LogP contribution in [0.5, 0.6) is 0 Å². The lowest BCUT2D eigenvalue weighted by molar-refractivity contribution is 0.133. The standard InChI is InChI=1S/C17H28N2/c1-14(18-19-12-6-5-7-13-19)15-8-10-16(11-9-15)17(2,3)4/h8-11,14,18H,5-7,12-13H2,1-4H3. The van der Waals surface area contributed by atoms with Gasteiger partial charge in [-0.1, -0.05) is 51.5 Å². The first-order chi connectivity index (χ1) is 8.97. The minimum Gasteiger partial charge on any atom is -0.248 e. The summed E-state index contributed by atoms with van der Waals surface area (Å²) in [5.74, 6) is 0. The molecule has 1 unspecified atom stereocenters. The minimum atomic E-state index is 0.238. The molecule has 1 fully saturated rings. The lowest BCUT2D eigenvalue weighted by Crippen LogP contribution is -2.42. The van der Waals surface area contributed by atoms with E-state index in [0.717, 1.165) is 0 Å². The van der Waals surface area contributed by atoms with Crippen LogP contribution in [0.4, 0.5) is 0 Å². The molecule has 106 valence electrons. The van der Waals surface area contributed by atoms with E-state index in [1.54, 1.807) is 0 Å². The summed E-state index contributed by atoms with van der Waals surface area (Å²) in [4.78, 5) is 0. The van der Waals surface area contributed by atoms with Crippen LogP contribution in [-0.4, -0.2) is 18.1 Å². The third-order valence-electron chi connectivity index (χ3n) is 4.01. The number of hydrazine groups is 1. The summed E-state index contributed by atoms with van der Waals surface area (Å²) < 4.78 is 0. The van der Waals surface area contributed by atoms with E-state index in [1.807, 2.05) is 0 Å². The van der Waals surface area contributed by atoms with Gasteiger partial charge in [-0.25, -0.2) is 10.4 Å². The monoisotopic (exact) mass is 260 g/mol. The Hall–Kier alpha value is -0.860. The zero-order chi connectivity index (χ0) is 13.9. The zero-order valence-electron chi connectivity index (χ0n) is 12.9. The fourth-order valence-corrected chi connectivity index (χ4v) is 2.64. The molecule has 1 N–H and O–H groups in total. The number of rotatable bonds is 3. The first kappa shape index (κ1) is 14.5. The predicted molar refractivity (Wildman–Crippen MR) is 82.1 cm³/mol. The molecule has 19 heavy (non-hydrogen) atoms. The first-order valence-corrected chi connectivity index (χ1v) is 7.58. The van der Waals surface area contributed by atoms with Crippen LogP contribution in [0.15, 0.2) is 24.3 Å². The molecule has 1 aromatic rings. The molecule has 0 aliphatic carbocycles. The van der Waals surface area contributed by atoms with Crippen LogP contribution >= 0.6 is 0 Å². The summed E-state index contributed by atoms with van der Waals surface area (Å²) in [6, 6.07) is 9.46. The number of benzene rings is 1. The number of nitrogens with one attached hydrogen (secondary N) is 1. The summed E-state index contributed by atoms with van der Waals surface area (Å²) in [6.45, 7) is 11.4. The third-order valence-corrected chi connectivity index (χ3v) is 4.01. The lowest BCUT2D eigenvalue weighted by atomic mass is 9.86. The SMILES string of the molecule is CC(NN1CCCCC1)c1ccc(C(C)(C)C)cc1. The van der Waals surface area contributed by atoms with Crippen molar-refractivity contribution < 1.29 is 0 Å². The molecule has 1 aliphatic rings. The molecule has 0 amide bonds. The molecule has 0 saturated carbocycles. The van der Waals surface area contributed by atoms with Gasteiger partial charge in [-0.3, -0.25) is 0 Å². The van der Waals surface area contributed by atoms with Gasteiger partial charge >= 0.3 is 0 Å². The van der Waals surface area contributed by atoms with Crippen LogP contribution < -0.4 is 5.43 Å². The van der Waals surface area contributed by atoms with E-state index in [4.69, 9.17) is 0 Å². The Kier molecular flexibility index (Phi) is 4.64. The maximum Gasteiger partial charge on any atom is 0.0436 e. The van der Waals surface area contributed by atoms with Gasteiger partial charge < -0.3 is 0 Å². The van der Waals surface area contributed by atoms with Gasteiger partial charge in [-0.15, -0.1) is 0 Å². The fourth-order valence-electron chi connectivity index (χ4n) is 2.64. The normalized spacial score (nSPS) is 19.4. The Morgan fingerprint density at radius 2 is 1.58 bits per heavy atom. The molecule has 1 aromatic carbocycles. The van der Waals surface area contributed by atoms with Crippen LogP contribution in [0.25, 0.3) is 0 Å². The molecule has 2 nitrogen and oxygen atoms in total. The number of hydrogen-bond acceptors (Lipinski definition) is 2. The second-order valence-corrected chi connectivity index (χ2v) is 6.77.